The Labute approximate surface area is 160 Å². The molecule has 1 amide bonds. The smallest absolute Gasteiger partial charge is 0.340 e. The third kappa shape index (κ3) is 5.69. The Balaban J connectivity index is 2.13. The average molecular weight is 371 g/mol. The van der Waals surface area contributed by atoms with Crippen molar-refractivity contribution in [2.45, 2.75) is 27.2 Å². The molecular weight excluding hydrogens is 342 g/mol. The molecule has 0 unspecified atom stereocenters. The van der Waals surface area contributed by atoms with Crippen LogP contribution >= 0.6 is 0 Å². The minimum Gasteiger partial charge on any atom is -0.462 e. The van der Waals surface area contributed by atoms with Crippen molar-refractivity contribution in [3.63, 3.8) is 0 Å². The van der Waals surface area contributed by atoms with Gasteiger partial charge in [-0.3, -0.25) is 4.79 Å². The van der Waals surface area contributed by atoms with Crippen LogP contribution in [0.1, 0.15) is 36.8 Å². The zero-order valence-electron chi connectivity index (χ0n) is 16.4. The van der Waals surface area contributed by atoms with Crippen molar-refractivity contribution in [2.24, 2.45) is 0 Å². The lowest BCUT2D eigenvalue weighted by Crippen LogP contribution is -2.35. The first kappa shape index (κ1) is 20.7. The van der Waals surface area contributed by atoms with E-state index < -0.39 is 5.97 Å². The Hall–Kier alpha value is -2.60. The number of esters is 1. The number of rotatable bonds is 10. The first-order chi connectivity index (χ1) is 13.1. The second-order valence-corrected chi connectivity index (χ2v) is 6.20. The number of hydrogen-bond donors (Lipinski definition) is 2. The number of aromatic amines is 1. The first-order valence-electron chi connectivity index (χ1n) is 9.52. The summed E-state index contributed by atoms with van der Waals surface area (Å²) in [5, 5.41) is 2.92. The van der Waals surface area contributed by atoms with E-state index in [2.05, 4.69) is 29.0 Å². The van der Waals surface area contributed by atoms with Gasteiger partial charge in [0.1, 0.15) is 0 Å². The van der Waals surface area contributed by atoms with Crippen LogP contribution in [-0.2, 0) is 16.0 Å². The van der Waals surface area contributed by atoms with Gasteiger partial charge in [-0.05, 0) is 25.6 Å². The molecule has 0 aliphatic heterocycles. The lowest BCUT2D eigenvalue weighted by atomic mass is 10.0. The first-order valence-corrected chi connectivity index (χ1v) is 9.52. The number of hydrogen-bond acceptors (Lipinski definition) is 4. The van der Waals surface area contributed by atoms with Crippen molar-refractivity contribution < 1.29 is 14.3 Å². The standard InChI is InChI=1S/C21H29N3O3/c1-4-24(5-2)13-12-22-19(25)14-18-20(21(26)27-6-3)17(15-23-18)16-10-8-7-9-11-16/h7-11,15,23H,4-6,12-14H2,1-3H3,(H,22,25). The Morgan fingerprint density at radius 3 is 2.44 bits per heavy atom. The van der Waals surface area contributed by atoms with Crippen molar-refractivity contribution in [1.82, 2.24) is 15.2 Å². The molecule has 0 fully saturated rings. The molecular formula is C21H29N3O3. The molecule has 6 heteroatoms. The predicted octanol–water partition coefficient (Wildman–Crippen LogP) is 2.86. The number of aromatic nitrogens is 1. The number of amides is 1. The number of nitrogens with zero attached hydrogens (tertiary/aromatic N) is 1. The highest BCUT2D eigenvalue weighted by Gasteiger charge is 2.22. The summed E-state index contributed by atoms with van der Waals surface area (Å²) in [4.78, 5) is 30.2. The van der Waals surface area contributed by atoms with Gasteiger partial charge in [0.05, 0.1) is 18.6 Å². The third-order valence-corrected chi connectivity index (χ3v) is 4.51. The molecule has 0 aliphatic rings. The van der Waals surface area contributed by atoms with E-state index in [1.54, 1.807) is 13.1 Å². The fourth-order valence-corrected chi connectivity index (χ4v) is 3.00. The van der Waals surface area contributed by atoms with Gasteiger partial charge in [-0.25, -0.2) is 4.79 Å². The summed E-state index contributed by atoms with van der Waals surface area (Å²) in [5.41, 5.74) is 2.67. The molecule has 1 aromatic heterocycles. The average Bonchev–Trinajstić information content (AvgIpc) is 3.09. The van der Waals surface area contributed by atoms with Crippen LogP contribution in [0.5, 0.6) is 0 Å². The maximum absolute atomic E-state index is 12.5. The van der Waals surface area contributed by atoms with Gasteiger partial charge in [-0.1, -0.05) is 44.2 Å². The van der Waals surface area contributed by atoms with Gasteiger partial charge < -0.3 is 19.9 Å². The van der Waals surface area contributed by atoms with Crippen molar-refractivity contribution >= 4 is 11.9 Å². The highest BCUT2D eigenvalue weighted by molar-refractivity contribution is 6.00. The molecule has 0 spiro atoms. The number of likely N-dealkylation sites (N-methyl/N-ethyl adjacent to an activating group) is 1. The summed E-state index contributed by atoms with van der Waals surface area (Å²) in [6.07, 6.45) is 1.87. The summed E-state index contributed by atoms with van der Waals surface area (Å²) in [7, 11) is 0. The van der Waals surface area contributed by atoms with Crippen LogP contribution in [0, 0.1) is 0 Å². The van der Waals surface area contributed by atoms with Crippen LogP contribution in [0.25, 0.3) is 11.1 Å². The topological polar surface area (TPSA) is 74.4 Å². The van der Waals surface area contributed by atoms with E-state index in [0.29, 0.717) is 17.8 Å². The highest BCUT2D eigenvalue weighted by atomic mass is 16.5. The van der Waals surface area contributed by atoms with Crippen molar-refractivity contribution in [2.75, 3.05) is 32.8 Å². The Morgan fingerprint density at radius 1 is 1.11 bits per heavy atom. The van der Waals surface area contributed by atoms with Crippen LogP contribution in [0.2, 0.25) is 0 Å². The van der Waals surface area contributed by atoms with Gasteiger partial charge >= 0.3 is 5.97 Å². The van der Waals surface area contributed by atoms with E-state index >= 15 is 0 Å². The lowest BCUT2D eigenvalue weighted by molar-refractivity contribution is -0.120. The molecule has 0 aliphatic carbocycles. The molecule has 0 atom stereocenters. The van der Waals surface area contributed by atoms with Gasteiger partial charge in [-0.2, -0.15) is 0 Å². The fourth-order valence-electron chi connectivity index (χ4n) is 3.00. The molecule has 146 valence electrons. The van der Waals surface area contributed by atoms with Gasteiger partial charge in [-0.15, -0.1) is 0 Å². The number of carbonyl (C=O) groups excluding carboxylic acids is 2. The maximum Gasteiger partial charge on any atom is 0.340 e. The van der Waals surface area contributed by atoms with E-state index in [4.69, 9.17) is 4.74 Å². The fraction of sp³-hybridized carbons (Fsp3) is 0.429. The lowest BCUT2D eigenvalue weighted by Gasteiger charge is -2.17. The molecule has 0 radical (unpaired) electrons. The monoisotopic (exact) mass is 371 g/mol. The van der Waals surface area contributed by atoms with Crippen LogP contribution in [0.4, 0.5) is 0 Å². The van der Waals surface area contributed by atoms with Crippen LogP contribution in [-0.4, -0.2) is 54.5 Å². The highest BCUT2D eigenvalue weighted by Crippen LogP contribution is 2.27. The second kappa shape index (κ2) is 10.5. The SMILES string of the molecule is CCOC(=O)c1c(-c2ccccc2)c[nH]c1CC(=O)NCCN(CC)CC. The summed E-state index contributed by atoms with van der Waals surface area (Å²) in [5.74, 6) is -0.530. The molecule has 0 saturated heterocycles. The Morgan fingerprint density at radius 2 is 1.81 bits per heavy atom. The van der Waals surface area contributed by atoms with Gasteiger partial charge in [0.2, 0.25) is 5.91 Å². The molecule has 1 aromatic carbocycles. The van der Waals surface area contributed by atoms with Crippen LogP contribution in [0.15, 0.2) is 36.5 Å². The van der Waals surface area contributed by atoms with E-state index in [1.165, 1.54) is 0 Å². The molecule has 0 saturated carbocycles. The summed E-state index contributed by atoms with van der Waals surface area (Å²) >= 11 is 0. The minimum atomic E-state index is -0.413. The molecule has 0 bridgehead atoms. The van der Waals surface area contributed by atoms with Crippen LogP contribution < -0.4 is 5.32 Å². The zero-order chi connectivity index (χ0) is 19.6. The molecule has 2 rings (SSSR count). The Kier molecular flexibility index (Phi) is 8.07. The van der Waals surface area contributed by atoms with E-state index in [-0.39, 0.29) is 18.9 Å². The maximum atomic E-state index is 12.5. The van der Waals surface area contributed by atoms with Gasteiger partial charge in [0, 0.05) is 30.5 Å². The van der Waals surface area contributed by atoms with Gasteiger partial charge in [0.25, 0.3) is 0 Å². The van der Waals surface area contributed by atoms with E-state index in [9.17, 15) is 9.59 Å². The molecule has 2 aromatic rings. The number of carbonyl (C=O) groups is 2. The normalized spacial score (nSPS) is 10.8. The molecule has 27 heavy (non-hydrogen) atoms. The zero-order valence-corrected chi connectivity index (χ0v) is 16.4. The van der Waals surface area contributed by atoms with Crippen molar-refractivity contribution in [1.29, 1.82) is 0 Å². The summed E-state index contributed by atoms with van der Waals surface area (Å²) < 4.78 is 5.22. The summed E-state index contributed by atoms with van der Waals surface area (Å²) in [6, 6.07) is 9.61. The second-order valence-electron chi connectivity index (χ2n) is 6.20. The largest absolute Gasteiger partial charge is 0.462 e. The summed E-state index contributed by atoms with van der Waals surface area (Å²) in [6.45, 7) is 9.56. The molecule has 2 N–H and O–H groups in total. The van der Waals surface area contributed by atoms with E-state index in [0.717, 1.165) is 30.8 Å². The van der Waals surface area contributed by atoms with Crippen LogP contribution in [0.3, 0.4) is 0 Å². The number of benzene rings is 1. The van der Waals surface area contributed by atoms with Crippen molar-refractivity contribution in [3.05, 3.63) is 47.8 Å². The minimum absolute atomic E-state index is 0.110. The molecule has 6 nitrogen and oxygen atoms in total. The number of H-pyrrole nitrogens is 1. The van der Waals surface area contributed by atoms with Crippen molar-refractivity contribution in [3.8, 4) is 11.1 Å². The third-order valence-electron chi connectivity index (χ3n) is 4.51. The quantitative estimate of drug-likeness (QED) is 0.630. The molecule has 1 heterocycles. The Bertz CT molecular complexity index is 736. The number of ether oxygens (including phenoxy) is 1. The predicted molar refractivity (Wildman–Crippen MR) is 107 cm³/mol. The van der Waals surface area contributed by atoms with E-state index in [1.807, 2.05) is 30.3 Å². The number of nitrogens with one attached hydrogen (secondary N) is 2. The van der Waals surface area contributed by atoms with Gasteiger partial charge in [0.15, 0.2) is 0 Å².